The molecule has 0 saturated carbocycles. The molecule has 0 spiro atoms. The van der Waals surface area contributed by atoms with E-state index in [-0.39, 0.29) is 12.3 Å². The first-order valence-corrected chi connectivity index (χ1v) is 5.15. The molecule has 4 nitrogen and oxygen atoms in total. The Morgan fingerprint density at radius 3 is 2.00 bits per heavy atom. The van der Waals surface area contributed by atoms with Crippen LogP contribution in [-0.2, 0) is 9.59 Å². The molecule has 1 unspecified atom stereocenters. The molecule has 0 heterocycles. The summed E-state index contributed by atoms with van der Waals surface area (Å²) in [5.74, 6) is -4.90. The van der Waals surface area contributed by atoms with E-state index in [9.17, 15) is 22.8 Å². The number of hydrogen-bond donors (Lipinski definition) is 2. The monoisotopic (exact) mass is 255 g/mol. The highest BCUT2D eigenvalue weighted by molar-refractivity contribution is 5.85. The SMILES string of the molecule is CC(C)C[C@H](NC(=O)C(C)C(F)(F)F)C(=O)O. The van der Waals surface area contributed by atoms with E-state index in [0.717, 1.165) is 0 Å². The van der Waals surface area contributed by atoms with Crippen molar-refractivity contribution in [1.29, 1.82) is 0 Å². The van der Waals surface area contributed by atoms with Crippen LogP contribution in [0.2, 0.25) is 0 Å². The third-order valence-corrected chi connectivity index (χ3v) is 2.21. The molecule has 17 heavy (non-hydrogen) atoms. The first-order valence-electron chi connectivity index (χ1n) is 5.15. The van der Waals surface area contributed by atoms with E-state index in [1.165, 1.54) is 0 Å². The van der Waals surface area contributed by atoms with Gasteiger partial charge in [-0.05, 0) is 19.3 Å². The molecule has 100 valence electrons. The van der Waals surface area contributed by atoms with Crippen molar-refractivity contribution >= 4 is 11.9 Å². The van der Waals surface area contributed by atoms with E-state index < -0.39 is 30.0 Å². The van der Waals surface area contributed by atoms with Gasteiger partial charge in [0, 0.05) is 0 Å². The van der Waals surface area contributed by atoms with Gasteiger partial charge in [0.2, 0.25) is 5.91 Å². The summed E-state index contributed by atoms with van der Waals surface area (Å²) in [5, 5.41) is 10.7. The molecule has 2 atom stereocenters. The maximum atomic E-state index is 12.2. The fourth-order valence-electron chi connectivity index (χ4n) is 1.14. The molecule has 0 rings (SSSR count). The molecule has 2 N–H and O–H groups in total. The number of rotatable bonds is 5. The molecule has 0 aliphatic carbocycles. The van der Waals surface area contributed by atoms with Crippen molar-refractivity contribution in [2.75, 3.05) is 0 Å². The second kappa shape index (κ2) is 5.88. The van der Waals surface area contributed by atoms with Gasteiger partial charge in [0.15, 0.2) is 0 Å². The van der Waals surface area contributed by atoms with Crippen LogP contribution in [0.5, 0.6) is 0 Å². The fraction of sp³-hybridized carbons (Fsp3) is 0.800. The quantitative estimate of drug-likeness (QED) is 0.787. The van der Waals surface area contributed by atoms with Crippen LogP contribution in [0.3, 0.4) is 0 Å². The van der Waals surface area contributed by atoms with Crippen molar-refractivity contribution < 1.29 is 27.9 Å². The second-order valence-corrected chi connectivity index (χ2v) is 4.29. The van der Waals surface area contributed by atoms with E-state index in [0.29, 0.717) is 6.92 Å². The summed E-state index contributed by atoms with van der Waals surface area (Å²) >= 11 is 0. The van der Waals surface area contributed by atoms with Crippen LogP contribution in [0.1, 0.15) is 27.2 Å². The molecular formula is C10H16F3NO3. The van der Waals surface area contributed by atoms with Gasteiger partial charge in [-0.2, -0.15) is 13.2 Å². The third kappa shape index (κ3) is 5.55. The van der Waals surface area contributed by atoms with E-state index >= 15 is 0 Å². The number of amides is 1. The summed E-state index contributed by atoms with van der Waals surface area (Å²) in [4.78, 5) is 21.9. The van der Waals surface area contributed by atoms with Crippen LogP contribution in [0.15, 0.2) is 0 Å². The molecule has 0 saturated heterocycles. The number of aliphatic carboxylic acids is 1. The normalized spacial score (nSPS) is 15.5. The molecule has 1 amide bonds. The van der Waals surface area contributed by atoms with E-state index in [1.807, 2.05) is 5.32 Å². The first kappa shape index (κ1) is 15.7. The molecule has 0 fully saturated rings. The lowest BCUT2D eigenvalue weighted by molar-refractivity contribution is -0.180. The Balaban J connectivity index is 4.57. The van der Waals surface area contributed by atoms with Crippen LogP contribution in [0.4, 0.5) is 13.2 Å². The first-order chi connectivity index (χ1) is 7.55. The number of carboxylic acid groups (broad SMARTS) is 1. The van der Waals surface area contributed by atoms with Gasteiger partial charge in [0.1, 0.15) is 12.0 Å². The lowest BCUT2D eigenvalue weighted by Crippen LogP contribution is -2.46. The van der Waals surface area contributed by atoms with Gasteiger partial charge in [0.05, 0.1) is 0 Å². The lowest BCUT2D eigenvalue weighted by atomic mass is 10.0. The molecule has 7 heteroatoms. The minimum Gasteiger partial charge on any atom is -0.480 e. The summed E-state index contributed by atoms with van der Waals surface area (Å²) in [7, 11) is 0. The summed E-state index contributed by atoms with van der Waals surface area (Å²) < 4.78 is 36.6. The predicted molar refractivity (Wildman–Crippen MR) is 54.2 cm³/mol. The van der Waals surface area contributed by atoms with Crippen LogP contribution in [-0.4, -0.2) is 29.2 Å². The van der Waals surface area contributed by atoms with Crippen molar-refractivity contribution in [3.05, 3.63) is 0 Å². The third-order valence-electron chi connectivity index (χ3n) is 2.21. The molecular weight excluding hydrogens is 239 g/mol. The number of nitrogens with one attached hydrogen (secondary N) is 1. The Kier molecular flexibility index (Phi) is 5.44. The van der Waals surface area contributed by atoms with Gasteiger partial charge in [-0.15, -0.1) is 0 Å². The van der Waals surface area contributed by atoms with Crippen LogP contribution < -0.4 is 5.32 Å². The van der Waals surface area contributed by atoms with E-state index in [4.69, 9.17) is 5.11 Å². The zero-order valence-corrected chi connectivity index (χ0v) is 9.84. The number of alkyl halides is 3. The Labute approximate surface area is 97.2 Å². The number of carboxylic acids is 1. The van der Waals surface area contributed by atoms with Crippen LogP contribution in [0, 0.1) is 11.8 Å². The standard InChI is InChI=1S/C10H16F3NO3/c1-5(2)4-7(9(16)17)14-8(15)6(3)10(11,12)13/h5-7H,4H2,1-3H3,(H,14,15)(H,16,17)/t6?,7-/m0/s1. The molecule has 0 aromatic rings. The molecule has 0 aromatic heterocycles. The van der Waals surface area contributed by atoms with Crippen molar-refractivity contribution in [3.63, 3.8) is 0 Å². The van der Waals surface area contributed by atoms with Gasteiger partial charge >= 0.3 is 12.1 Å². The topological polar surface area (TPSA) is 66.4 Å². The minimum atomic E-state index is -4.66. The van der Waals surface area contributed by atoms with Crippen molar-refractivity contribution in [2.24, 2.45) is 11.8 Å². The predicted octanol–water partition coefficient (Wildman–Crippen LogP) is 1.80. The Morgan fingerprint density at radius 2 is 1.71 bits per heavy atom. The Bertz CT molecular complexity index is 289. The highest BCUT2D eigenvalue weighted by Crippen LogP contribution is 2.25. The van der Waals surface area contributed by atoms with Gasteiger partial charge < -0.3 is 10.4 Å². The van der Waals surface area contributed by atoms with Gasteiger partial charge in [-0.25, -0.2) is 4.79 Å². The van der Waals surface area contributed by atoms with Gasteiger partial charge in [-0.3, -0.25) is 4.79 Å². The lowest BCUT2D eigenvalue weighted by Gasteiger charge is -2.20. The van der Waals surface area contributed by atoms with E-state index in [2.05, 4.69) is 0 Å². The smallest absolute Gasteiger partial charge is 0.400 e. The largest absolute Gasteiger partial charge is 0.480 e. The van der Waals surface area contributed by atoms with Crippen molar-refractivity contribution in [2.45, 2.75) is 39.4 Å². The highest BCUT2D eigenvalue weighted by atomic mass is 19.4. The number of halogens is 3. The van der Waals surface area contributed by atoms with Gasteiger partial charge in [0.25, 0.3) is 0 Å². The maximum Gasteiger partial charge on any atom is 0.400 e. The maximum absolute atomic E-state index is 12.2. The second-order valence-electron chi connectivity index (χ2n) is 4.29. The van der Waals surface area contributed by atoms with Crippen molar-refractivity contribution in [3.8, 4) is 0 Å². The molecule has 0 radical (unpaired) electrons. The molecule has 0 bridgehead atoms. The number of carbonyl (C=O) groups is 2. The van der Waals surface area contributed by atoms with Gasteiger partial charge in [-0.1, -0.05) is 13.8 Å². The summed E-state index contributed by atoms with van der Waals surface area (Å²) in [5.41, 5.74) is 0. The average molecular weight is 255 g/mol. The summed E-state index contributed by atoms with van der Waals surface area (Å²) in [6.07, 6.45) is -4.57. The number of hydrogen-bond acceptors (Lipinski definition) is 2. The zero-order valence-electron chi connectivity index (χ0n) is 9.84. The highest BCUT2D eigenvalue weighted by Gasteiger charge is 2.42. The van der Waals surface area contributed by atoms with Crippen molar-refractivity contribution in [1.82, 2.24) is 5.32 Å². The van der Waals surface area contributed by atoms with E-state index in [1.54, 1.807) is 13.8 Å². The molecule has 0 aliphatic heterocycles. The molecule has 0 aromatic carbocycles. The zero-order chi connectivity index (χ0) is 13.8. The number of carbonyl (C=O) groups excluding carboxylic acids is 1. The average Bonchev–Trinajstić information content (AvgIpc) is 2.13. The fourth-order valence-corrected chi connectivity index (χ4v) is 1.14. The summed E-state index contributed by atoms with van der Waals surface area (Å²) in [6.45, 7) is 4.13. The molecule has 0 aliphatic rings. The minimum absolute atomic E-state index is 0.0439. The summed E-state index contributed by atoms with van der Waals surface area (Å²) in [6, 6.07) is -1.28. The Hall–Kier alpha value is -1.27. The van der Waals surface area contributed by atoms with Crippen LogP contribution >= 0.6 is 0 Å². The Morgan fingerprint density at radius 1 is 1.24 bits per heavy atom. The van der Waals surface area contributed by atoms with Crippen LogP contribution in [0.25, 0.3) is 0 Å².